The van der Waals surface area contributed by atoms with Crippen molar-refractivity contribution in [3.8, 4) is 46.0 Å². The molecule has 0 aromatic heterocycles. The van der Waals surface area contributed by atoms with Crippen LogP contribution in [0.2, 0.25) is 0 Å². The Hall–Kier alpha value is -6.10. The van der Waals surface area contributed by atoms with E-state index in [9.17, 15) is 91.3 Å². The van der Waals surface area contributed by atoms with Crippen molar-refractivity contribution in [2.24, 2.45) is 0 Å². The highest BCUT2D eigenvalue weighted by atomic mass is 16.8. The van der Waals surface area contributed by atoms with Crippen molar-refractivity contribution in [1.82, 2.24) is 0 Å². The van der Waals surface area contributed by atoms with Gasteiger partial charge < -0.3 is 129 Å². The maximum Gasteiger partial charge on any atom is 0.229 e. The van der Waals surface area contributed by atoms with Gasteiger partial charge in [0.25, 0.3) is 0 Å². The van der Waals surface area contributed by atoms with Gasteiger partial charge in [0.1, 0.15) is 143 Å². The maximum absolute atomic E-state index is 12.9. The molecule has 0 radical (unpaired) electrons. The summed E-state index contributed by atoms with van der Waals surface area (Å²) < 4.78 is 57.1. The fraction of sp³-hybridized carbons (Fsp3) is 0.519. The van der Waals surface area contributed by atoms with Gasteiger partial charge in [0.05, 0.1) is 38.3 Å². The predicted octanol–water partition coefficient (Wildman–Crippen LogP) is -2.33. The molecule has 0 saturated carbocycles. The molecule has 10 rings (SSSR count). The Morgan fingerprint density at radius 1 is 0.439 bits per heavy atom. The van der Waals surface area contributed by atoms with Gasteiger partial charge in [-0.25, -0.2) is 0 Å². The van der Waals surface area contributed by atoms with Gasteiger partial charge in [0, 0.05) is 24.3 Å². The number of fused-ring (bicyclic) bond motifs is 2. The minimum atomic E-state index is -1.75. The lowest BCUT2D eigenvalue weighted by Gasteiger charge is -2.45. The number of phenols is 4. The van der Waals surface area contributed by atoms with Crippen LogP contribution in [-0.2, 0) is 28.4 Å². The van der Waals surface area contributed by atoms with Gasteiger partial charge in [0.15, 0.2) is 36.4 Å². The summed E-state index contributed by atoms with van der Waals surface area (Å²) >= 11 is 0. The summed E-state index contributed by atoms with van der Waals surface area (Å²) in [5.74, 6) is -1.89. The number of aliphatic hydroxyl groups excluding tert-OH is 12. The lowest BCUT2D eigenvalue weighted by molar-refractivity contribution is -0.354. The van der Waals surface area contributed by atoms with Crippen LogP contribution in [0.1, 0.15) is 70.7 Å². The van der Waals surface area contributed by atoms with E-state index in [1.54, 1.807) is 24.3 Å². The number of carbonyl (C=O) groups is 2. The van der Waals surface area contributed by atoms with E-state index < -0.39 is 171 Å². The number of hydrogen-bond acceptors (Lipinski definition) is 28. The highest BCUT2D eigenvalue weighted by Crippen LogP contribution is 2.45. The Bertz CT molecular complexity index is 2670. The summed E-state index contributed by atoms with van der Waals surface area (Å²) in [4.78, 5) is 25.7. The number of phenolic OH excluding ortho intramolecular Hbond substituents is 4. The van der Waals surface area contributed by atoms with Crippen LogP contribution >= 0.6 is 0 Å². The molecule has 6 aliphatic rings. The predicted molar refractivity (Wildman–Crippen MR) is 268 cm³/mol. The second kappa shape index (κ2) is 25.0. The van der Waals surface area contributed by atoms with Gasteiger partial charge in [-0.15, -0.1) is 0 Å². The van der Waals surface area contributed by atoms with Crippen molar-refractivity contribution in [3.63, 3.8) is 0 Å². The number of hydrogen-bond donors (Lipinski definition) is 16. The van der Waals surface area contributed by atoms with Crippen molar-refractivity contribution < 1.29 is 139 Å². The maximum atomic E-state index is 12.9. The average Bonchev–Trinajstić information content (AvgIpc) is 3.18. The van der Waals surface area contributed by atoms with Crippen molar-refractivity contribution in [2.45, 2.75) is 162 Å². The van der Waals surface area contributed by atoms with Crippen molar-refractivity contribution in [3.05, 3.63) is 95.1 Å². The summed E-state index contributed by atoms with van der Waals surface area (Å²) in [5, 5.41) is 163. The first-order valence-electron chi connectivity index (χ1n) is 26.0. The smallest absolute Gasteiger partial charge is 0.229 e. The van der Waals surface area contributed by atoms with Gasteiger partial charge in [-0.3, -0.25) is 9.59 Å². The van der Waals surface area contributed by atoms with Gasteiger partial charge >= 0.3 is 0 Å². The van der Waals surface area contributed by atoms with Gasteiger partial charge in [0.2, 0.25) is 12.6 Å². The van der Waals surface area contributed by atoms with Crippen molar-refractivity contribution >= 4 is 11.6 Å². The van der Waals surface area contributed by atoms with Gasteiger partial charge in [-0.2, -0.15) is 0 Å². The minimum absolute atomic E-state index is 0.0149. The Morgan fingerprint density at radius 3 is 1.13 bits per heavy atom. The highest BCUT2D eigenvalue weighted by molar-refractivity contribution is 6.03. The molecule has 0 bridgehead atoms. The zero-order valence-electron chi connectivity index (χ0n) is 43.5. The fourth-order valence-corrected chi connectivity index (χ4v) is 10.1. The molecule has 4 aromatic rings. The van der Waals surface area contributed by atoms with Crippen LogP contribution in [0, 0.1) is 0 Å². The molecule has 0 aliphatic carbocycles. The molecule has 2 unspecified atom stereocenters. The third-order valence-electron chi connectivity index (χ3n) is 14.8. The topological polar surface area (TPSA) is 450 Å². The molecule has 22 atom stereocenters. The van der Waals surface area contributed by atoms with E-state index in [0.29, 0.717) is 11.1 Å². The average molecular weight is 1160 g/mol. The van der Waals surface area contributed by atoms with Crippen molar-refractivity contribution in [1.29, 1.82) is 0 Å². The Morgan fingerprint density at radius 2 is 0.793 bits per heavy atom. The first kappa shape index (κ1) is 60.5. The van der Waals surface area contributed by atoms with Crippen LogP contribution in [0.5, 0.6) is 46.0 Å². The number of ketones is 2. The molecule has 82 heavy (non-hydrogen) atoms. The summed E-state index contributed by atoms with van der Waals surface area (Å²) in [5.41, 5.74) is 1.06. The minimum Gasteiger partial charge on any atom is -0.508 e. The van der Waals surface area contributed by atoms with Crippen molar-refractivity contribution in [2.75, 3.05) is 13.2 Å². The second-order valence-corrected chi connectivity index (χ2v) is 20.5. The molecule has 4 saturated heterocycles. The number of rotatable bonds is 12. The van der Waals surface area contributed by atoms with Crippen LogP contribution in [0.15, 0.2) is 72.8 Å². The monoisotopic (exact) mass is 1160 g/mol. The first-order chi connectivity index (χ1) is 39.0. The Labute approximate surface area is 465 Å². The number of ether oxygens (including phenoxy) is 10. The summed E-state index contributed by atoms with van der Waals surface area (Å²) in [7, 11) is 0. The summed E-state index contributed by atoms with van der Waals surface area (Å²) in [6.07, 6.45) is -32.0. The molecule has 448 valence electrons. The fourth-order valence-electron chi connectivity index (χ4n) is 10.1. The van der Waals surface area contributed by atoms with Crippen LogP contribution in [0.4, 0.5) is 0 Å². The van der Waals surface area contributed by atoms with E-state index in [0.717, 1.165) is 12.1 Å². The molecule has 16 N–H and O–H groups in total. The molecule has 0 amide bonds. The molecule has 4 fully saturated rings. The number of aromatic hydroxyl groups is 4. The van der Waals surface area contributed by atoms with Crippen LogP contribution in [0.3, 0.4) is 0 Å². The quantitative estimate of drug-likeness (QED) is 0.0707. The van der Waals surface area contributed by atoms with E-state index in [4.69, 9.17) is 47.4 Å². The normalized spacial score (nSPS) is 37.2. The third kappa shape index (κ3) is 12.4. The lowest BCUT2D eigenvalue weighted by atomic mass is 9.95. The molecule has 28 nitrogen and oxygen atoms in total. The summed E-state index contributed by atoms with van der Waals surface area (Å²) in [6.45, 7) is 1.43. The number of aliphatic hydroxyl groups is 12. The second-order valence-electron chi connectivity index (χ2n) is 20.5. The molecule has 4 aromatic carbocycles. The Kier molecular flexibility index (Phi) is 18.4. The first-order valence-corrected chi connectivity index (χ1v) is 26.0. The number of benzene rings is 4. The number of Topliss-reactive ketones (excluding diaryl/α,β-unsaturated/α-hetero) is 2. The standard InChI is InChI=1S/2C27H32O14/c2*1-10-20(32)22(34)24(36)26(37-10)41-25-23(35)21(33)18(9-28)40-27(25)38-13-6-14(30)19-15(31)8-16(39-17(19)7-13)11-2-4-12(29)5-3-11/h2*2-7,10,16,18,20-30,32-36H,8-9H2,1H3/t2*10-,16?,18+,20-,21+,22+,23-,24+,25+,26-,27+/m00/s1. The van der Waals surface area contributed by atoms with Gasteiger partial charge in [-0.05, 0) is 49.2 Å². The van der Waals surface area contributed by atoms with E-state index >= 15 is 0 Å². The third-order valence-corrected chi connectivity index (χ3v) is 14.8. The zero-order valence-corrected chi connectivity index (χ0v) is 43.5. The van der Waals surface area contributed by atoms with Crippen LogP contribution in [0.25, 0.3) is 0 Å². The van der Waals surface area contributed by atoms with E-state index in [2.05, 4.69) is 0 Å². The highest BCUT2D eigenvalue weighted by Gasteiger charge is 2.53. The lowest BCUT2D eigenvalue weighted by Crippen LogP contribution is -2.64. The molecular formula is C54H64O28. The van der Waals surface area contributed by atoms with Crippen LogP contribution < -0.4 is 18.9 Å². The summed E-state index contributed by atoms with van der Waals surface area (Å²) in [6, 6.07) is 17.0. The number of carbonyl (C=O) groups excluding carboxylic acids is 2. The van der Waals surface area contributed by atoms with Crippen LogP contribution in [-0.4, -0.2) is 229 Å². The largest absolute Gasteiger partial charge is 0.508 e. The zero-order chi connectivity index (χ0) is 59.2. The SMILES string of the molecule is C[C@@H]1O[C@@H](O[C@H]2[C@H](Oc3cc(O)c4c(c3)OC(c3ccc(O)cc3)CC4=O)O[C@H](CO)[C@@H](O)[C@@H]2O)[C@H](O)[C@H](O)[C@H]1O.C[C@@H]1O[C@@H](O[C@H]2[C@H](Oc3cc(O)c4c(c3)OC(c3ccc(O)cc3)CC4=O)O[C@H](CO)[C@@H](O)[C@@H]2O)[C@H](O)[C@H](O)[C@H]1O. The molecule has 0 spiro atoms. The van der Waals surface area contributed by atoms with Gasteiger partial charge in [-0.1, -0.05) is 24.3 Å². The molecule has 28 heteroatoms. The Balaban J connectivity index is 0.000000198. The van der Waals surface area contributed by atoms with E-state index in [1.807, 2.05) is 0 Å². The molecule has 6 aliphatic heterocycles. The van der Waals surface area contributed by atoms with E-state index in [-0.39, 0.29) is 58.5 Å². The molecular weight excluding hydrogens is 1100 g/mol. The van der Waals surface area contributed by atoms with E-state index in [1.165, 1.54) is 50.2 Å². The molecule has 6 heterocycles.